The van der Waals surface area contributed by atoms with Gasteiger partial charge in [0, 0.05) is 10.0 Å². The van der Waals surface area contributed by atoms with Crippen LogP contribution in [0.1, 0.15) is 6.92 Å². The Hall–Kier alpha value is -0.340. The predicted molar refractivity (Wildman–Crippen MR) is 120 cm³/mol. The first kappa shape index (κ1) is 29.7. The van der Waals surface area contributed by atoms with Crippen molar-refractivity contribution in [3.63, 3.8) is 0 Å². The molecular formula is C20H37IO9. The Morgan fingerprint density at radius 3 is 1.10 bits per heavy atom. The molecule has 0 radical (unpaired) electrons. The van der Waals surface area contributed by atoms with Crippen LogP contribution >= 0.6 is 22.6 Å². The molecule has 0 aromatic heterocycles. The molecule has 0 unspecified atom stereocenters. The zero-order valence-electron chi connectivity index (χ0n) is 18.1. The fraction of sp³-hybridized carbons (Fsp3) is 0.850. The van der Waals surface area contributed by atoms with E-state index in [0.29, 0.717) is 91.5 Å². The predicted octanol–water partition coefficient (Wildman–Crippen LogP) is 1.66. The fourth-order valence-electron chi connectivity index (χ4n) is 1.79. The van der Waals surface area contributed by atoms with Gasteiger partial charge in [0.1, 0.15) is 6.61 Å². The highest BCUT2D eigenvalue weighted by atomic mass is 127. The van der Waals surface area contributed by atoms with Crippen LogP contribution in [-0.2, 0) is 42.7 Å². The first-order valence-electron chi connectivity index (χ1n) is 10.1. The highest BCUT2D eigenvalue weighted by molar-refractivity contribution is 14.1. The minimum absolute atomic E-state index is 0.210. The lowest BCUT2D eigenvalue weighted by molar-refractivity contribution is -0.140. The van der Waals surface area contributed by atoms with Crippen LogP contribution in [0.3, 0.4) is 0 Å². The highest BCUT2D eigenvalue weighted by Gasteiger charge is 2.01. The lowest BCUT2D eigenvalue weighted by atomic mass is 10.4. The highest BCUT2D eigenvalue weighted by Crippen LogP contribution is 1.91. The Kier molecular flexibility index (Phi) is 24.6. The van der Waals surface area contributed by atoms with Gasteiger partial charge in [-0.1, -0.05) is 29.2 Å². The van der Waals surface area contributed by atoms with Crippen molar-refractivity contribution in [1.82, 2.24) is 0 Å². The third-order valence-electron chi connectivity index (χ3n) is 3.26. The van der Waals surface area contributed by atoms with Crippen LogP contribution in [0.15, 0.2) is 12.2 Å². The van der Waals surface area contributed by atoms with E-state index in [0.717, 1.165) is 11.0 Å². The Bertz CT molecular complexity index is 396. The van der Waals surface area contributed by atoms with E-state index < -0.39 is 5.97 Å². The minimum atomic E-state index is -0.405. The van der Waals surface area contributed by atoms with Crippen LogP contribution in [0, 0.1) is 0 Å². The molecule has 178 valence electrons. The molecule has 0 aliphatic carbocycles. The molecule has 0 saturated heterocycles. The molecule has 0 atom stereocenters. The number of ether oxygens (including phenoxy) is 8. The summed E-state index contributed by atoms with van der Waals surface area (Å²) in [6, 6.07) is 0. The zero-order valence-corrected chi connectivity index (χ0v) is 20.2. The summed E-state index contributed by atoms with van der Waals surface area (Å²) < 4.78 is 43.4. The van der Waals surface area contributed by atoms with Crippen molar-refractivity contribution >= 4 is 28.6 Å². The molecule has 30 heavy (non-hydrogen) atoms. The Labute approximate surface area is 193 Å². The van der Waals surface area contributed by atoms with E-state index in [-0.39, 0.29) is 6.61 Å². The Morgan fingerprint density at radius 2 is 0.833 bits per heavy atom. The number of rotatable bonds is 24. The van der Waals surface area contributed by atoms with Gasteiger partial charge in [-0.3, -0.25) is 0 Å². The standard InChI is InChI=1S/C20H37IO9/c1-19(2)20(22)30-18-17-29-16-15-28-14-13-27-12-11-26-10-9-25-8-7-24-6-5-23-4-3-21/h1,3-18H2,2H3. The number of esters is 1. The first-order chi connectivity index (χ1) is 14.7. The third-order valence-corrected chi connectivity index (χ3v) is 3.70. The summed E-state index contributed by atoms with van der Waals surface area (Å²) in [5.41, 5.74) is 0.377. The van der Waals surface area contributed by atoms with E-state index >= 15 is 0 Å². The van der Waals surface area contributed by atoms with Crippen LogP contribution in [0.2, 0.25) is 0 Å². The summed E-state index contributed by atoms with van der Waals surface area (Å²) in [4.78, 5) is 11.1. The van der Waals surface area contributed by atoms with Crippen molar-refractivity contribution < 1.29 is 42.7 Å². The van der Waals surface area contributed by atoms with Crippen LogP contribution in [-0.4, -0.2) is 110 Å². The molecule has 9 nitrogen and oxygen atoms in total. The molecule has 0 heterocycles. The molecule has 0 saturated carbocycles. The second-order valence-corrected chi connectivity index (χ2v) is 6.97. The molecule has 0 amide bonds. The van der Waals surface area contributed by atoms with Gasteiger partial charge >= 0.3 is 5.97 Å². The maximum Gasteiger partial charge on any atom is 0.333 e. The second kappa shape index (κ2) is 24.9. The number of hydrogen-bond donors (Lipinski definition) is 0. The van der Waals surface area contributed by atoms with E-state index in [2.05, 4.69) is 29.2 Å². The Morgan fingerprint density at radius 1 is 0.567 bits per heavy atom. The SMILES string of the molecule is C=C(C)C(=O)OCCOCCOCCOCCOCCOCCOCCOCCI. The maximum absolute atomic E-state index is 11.1. The van der Waals surface area contributed by atoms with Crippen molar-refractivity contribution in [2.45, 2.75) is 6.92 Å². The van der Waals surface area contributed by atoms with Gasteiger partial charge in [-0.15, -0.1) is 0 Å². The monoisotopic (exact) mass is 548 g/mol. The lowest BCUT2D eigenvalue weighted by Gasteiger charge is -2.08. The Balaban J connectivity index is 3.05. The summed E-state index contributed by atoms with van der Waals surface area (Å²) >= 11 is 2.27. The normalized spacial score (nSPS) is 11.0. The van der Waals surface area contributed by atoms with E-state index in [1.54, 1.807) is 6.92 Å². The molecule has 0 aromatic rings. The summed E-state index contributed by atoms with van der Waals surface area (Å²) in [7, 11) is 0. The van der Waals surface area contributed by atoms with E-state index in [4.69, 9.17) is 37.9 Å². The van der Waals surface area contributed by atoms with Crippen LogP contribution in [0.4, 0.5) is 0 Å². The molecule has 0 rings (SSSR count). The van der Waals surface area contributed by atoms with Crippen molar-refractivity contribution in [2.24, 2.45) is 0 Å². The van der Waals surface area contributed by atoms with Gasteiger partial charge < -0.3 is 37.9 Å². The number of halogens is 1. The van der Waals surface area contributed by atoms with Crippen molar-refractivity contribution in [3.05, 3.63) is 12.2 Å². The average Bonchev–Trinajstić information content (AvgIpc) is 2.74. The molecule has 0 fully saturated rings. The first-order valence-corrected chi connectivity index (χ1v) is 11.6. The van der Waals surface area contributed by atoms with Gasteiger partial charge in [-0.05, 0) is 6.92 Å². The van der Waals surface area contributed by atoms with Gasteiger partial charge in [-0.25, -0.2) is 4.79 Å². The molecule has 0 aliphatic heterocycles. The van der Waals surface area contributed by atoms with E-state index in [9.17, 15) is 4.79 Å². The quantitative estimate of drug-likeness (QED) is 0.0588. The zero-order chi connectivity index (χ0) is 22.1. The fourth-order valence-corrected chi connectivity index (χ4v) is 2.10. The van der Waals surface area contributed by atoms with Gasteiger partial charge in [0.25, 0.3) is 0 Å². The largest absolute Gasteiger partial charge is 0.460 e. The molecule has 10 heteroatoms. The van der Waals surface area contributed by atoms with Crippen LogP contribution in [0.25, 0.3) is 0 Å². The van der Waals surface area contributed by atoms with Gasteiger partial charge in [0.05, 0.1) is 92.5 Å². The third kappa shape index (κ3) is 23.9. The molecule has 0 aromatic carbocycles. The van der Waals surface area contributed by atoms with Crippen molar-refractivity contribution in [3.8, 4) is 0 Å². The maximum atomic E-state index is 11.1. The van der Waals surface area contributed by atoms with Crippen molar-refractivity contribution in [1.29, 1.82) is 0 Å². The smallest absolute Gasteiger partial charge is 0.333 e. The van der Waals surface area contributed by atoms with E-state index in [1.165, 1.54) is 0 Å². The summed E-state index contributed by atoms with van der Waals surface area (Å²) in [6.07, 6.45) is 0. The summed E-state index contributed by atoms with van der Waals surface area (Å²) in [5.74, 6) is -0.405. The summed E-state index contributed by atoms with van der Waals surface area (Å²) in [6.45, 7) is 12.7. The number of alkyl halides is 1. The van der Waals surface area contributed by atoms with Crippen molar-refractivity contribution in [2.75, 3.05) is 104 Å². The summed E-state index contributed by atoms with van der Waals surface area (Å²) in [5, 5.41) is 0. The number of hydrogen-bond acceptors (Lipinski definition) is 9. The van der Waals surface area contributed by atoms with E-state index in [1.807, 2.05) is 0 Å². The lowest BCUT2D eigenvalue weighted by Crippen LogP contribution is -2.15. The molecule has 0 bridgehead atoms. The van der Waals surface area contributed by atoms with Crippen LogP contribution in [0.5, 0.6) is 0 Å². The average molecular weight is 548 g/mol. The minimum Gasteiger partial charge on any atom is -0.460 e. The number of carbonyl (C=O) groups excluding carboxylic acids is 1. The molecular weight excluding hydrogens is 511 g/mol. The topological polar surface area (TPSA) is 90.9 Å². The van der Waals surface area contributed by atoms with Crippen LogP contribution < -0.4 is 0 Å². The number of carbonyl (C=O) groups is 1. The molecule has 0 N–H and O–H groups in total. The van der Waals surface area contributed by atoms with Gasteiger partial charge in [0.2, 0.25) is 0 Å². The van der Waals surface area contributed by atoms with Gasteiger partial charge in [-0.2, -0.15) is 0 Å². The molecule has 0 spiro atoms. The van der Waals surface area contributed by atoms with Gasteiger partial charge in [0.15, 0.2) is 0 Å². The second-order valence-electron chi connectivity index (χ2n) is 5.89. The molecule has 0 aliphatic rings.